The first-order valence-corrected chi connectivity index (χ1v) is 8.38. The molecule has 0 aliphatic rings. The summed E-state index contributed by atoms with van der Waals surface area (Å²) in [4.78, 5) is 11.8. The van der Waals surface area contributed by atoms with Crippen LogP contribution in [-0.4, -0.2) is 26.4 Å². The highest BCUT2D eigenvalue weighted by molar-refractivity contribution is 5.85. The second kappa shape index (κ2) is 9.68. The van der Waals surface area contributed by atoms with Crippen LogP contribution >= 0.6 is 0 Å². The average molecular weight is 395 g/mol. The number of methoxy groups -OCH3 is 1. The van der Waals surface area contributed by atoms with Crippen molar-refractivity contribution in [2.24, 2.45) is 0 Å². The van der Waals surface area contributed by atoms with E-state index in [0.29, 0.717) is 11.5 Å². The number of benzene rings is 2. The first-order valence-electron chi connectivity index (χ1n) is 8.38. The number of ether oxygens (including phenoxy) is 3. The SMILES string of the molecule is CC=Cc1ccc(OCCOC(=O)Nc2ccccc2C(F)(F)F)c(OC)c1. The van der Waals surface area contributed by atoms with E-state index in [1.54, 1.807) is 12.1 Å². The molecule has 0 saturated heterocycles. The van der Waals surface area contributed by atoms with Crippen LogP contribution in [0.4, 0.5) is 23.7 Å². The molecule has 2 aromatic rings. The number of hydrogen-bond donors (Lipinski definition) is 1. The van der Waals surface area contributed by atoms with Crippen molar-refractivity contribution in [1.82, 2.24) is 0 Å². The van der Waals surface area contributed by atoms with Gasteiger partial charge < -0.3 is 14.2 Å². The minimum absolute atomic E-state index is 0.00760. The van der Waals surface area contributed by atoms with Gasteiger partial charge in [0.2, 0.25) is 0 Å². The summed E-state index contributed by atoms with van der Waals surface area (Å²) in [5.74, 6) is 0.973. The maximum atomic E-state index is 12.9. The minimum atomic E-state index is -4.58. The highest BCUT2D eigenvalue weighted by Gasteiger charge is 2.33. The van der Waals surface area contributed by atoms with Gasteiger partial charge in [0, 0.05) is 0 Å². The lowest BCUT2D eigenvalue weighted by atomic mass is 10.2. The average Bonchev–Trinajstić information content (AvgIpc) is 2.65. The largest absolute Gasteiger partial charge is 0.493 e. The third-order valence-corrected chi connectivity index (χ3v) is 3.59. The summed E-state index contributed by atoms with van der Waals surface area (Å²) >= 11 is 0. The van der Waals surface area contributed by atoms with E-state index >= 15 is 0 Å². The zero-order valence-corrected chi connectivity index (χ0v) is 15.4. The van der Waals surface area contributed by atoms with Crippen LogP contribution in [0.1, 0.15) is 18.1 Å². The van der Waals surface area contributed by atoms with Crippen molar-refractivity contribution in [3.8, 4) is 11.5 Å². The number of anilines is 1. The molecule has 0 aliphatic carbocycles. The first kappa shape index (κ1) is 21.1. The molecule has 0 saturated carbocycles. The van der Waals surface area contributed by atoms with Gasteiger partial charge in [0.15, 0.2) is 11.5 Å². The second-order valence-electron chi connectivity index (χ2n) is 5.56. The number of rotatable bonds is 7. The van der Waals surface area contributed by atoms with Gasteiger partial charge in [-0.3, -0.25) is 5.32 Å². The Labute approximate surface area is 160 Å². The molecule has 0 heterocycles. The lowest BCUT2D eigenvalue weighted by Gasteiger charge is -2.14. The van der Waals surface area contributed by atoms with E-state index in [-0.39, 0.29) is 18.9 Å². The molecule has 1 N–H and O–H groups in total. The number of amides is 1. The van der Waals surface area contributed by atoms with Gasteiger partial charge in [-0.1, -0.05) is 30.4 Å². The van der Waals surface area contributed by atoms with Crippen LogP contribution in [0.15, 0.2) is 48.5 Å². The van der Waals surface area contributed by atoms with E-state index in [1.165, 1.54) is 19.2 Å². The molecule has 5 nitrogen and oxygen atoms in total. The van der Waals surface area contributed by atoms with Crippen LogP contribution in [0.2, 0.25) is 0 Å². The standard InChI is InChI=1S/C20H20F3NO4/c1-3-6-14-9-10-17(18(13-14)26-2)27-11-12-28-19(25)24-16-8-5-4-7-15(16)20(21,22)23/h3-10,13H,11-12H2,1-2H3,(H,24,25). The molecule has 8 heteroatoms. The van der Waals surface area contributed by atoms with Gasteiger partial charge in [0.1, 0.15) is 13.2 Å². The molecule has 0 radical (unpaired) electrons. The Bertz CT molecular complexity index is 834. The van der Waals surface area contributed by atoms with Gasteiger partial charge in [0.25, 0.3) is 0 Å². The number of alkyl halides is 3. The Hall–Kier alpha value is -3.16. The molecule has 1 amide bonds. The maximum absolute atomic E-state index is 12.9. The van der Waals surface area contributed by atoms with Crippen LogP contribution in [0.5, 0.6) is 11.5 Å². The van der Waals surface area contributed by atoms with E-state index in [1.807, 2.05) is 25.1 Å². The lowest BCUT2D eigenvalue weighted by molar-refractivity contribution is -0.136. The van der Waals surface area contributed by atoms with E-state index in [4.69, 9.17) is 14.2 Å². The fraction of sp³-hybridized carbons (Fsp3) is 0.250. The molecule has 0 aliphatic heterocycles. The zero-order chi connectivity index (χ0) is 20.6. The number of carbonyl (C=O) groups excluding carboxylic acids is 1. The van der Waals surface area contributed by atoms with Crippen molar-refractivity contribution >= 4 is 17.9 Å². The highest BCUT2D eigenvalue weighted by atomic mass is 19.4. The van der Waals surface area contributed by atoms with Crippen molar-refractivity contribution in [1.29, 1.82) is 0 Å². The third-order valence-electron chi connectivity index (χ3n) is 3.59. The topological polar surface area (TPSA) is 56.8 Å². The minimum Gasteiger partial charge on any atom is -0.493 e. The van der Waals surface area contributed by atoms with Crippen LogP contribution in [0.3, 0.4) is 0 Å². The quantitative estimate of drug-likeness (QED) is 0.640. The smallest absolute Gasteiger partial charge is 0.418 e. The predicted molar refractivity (Wildman–Crippen MR) is 99.6 cm³/mol. The summed E-state index contributed by atoms with van der Waals surface area (Å²) in [5, 5.41) is 2.09. The Morgan fingerprint density at radius 3 is 2.54 bits per heavy atom. The van der Waals surface area contributed by atoms with Crippen molar-refractivity contribution in [3.05, 3.63) is 59.7 Å². The molecule has 2 aromatic carbocycles. The normalized spacial score (nSPS) is 11.3. The van der Waals surface area contributed by atoms with E-state index in [2.05, 4.69) is 5.32 Å². The van der Waals surface area contributed by atoms with Crippen LogP contribution < -0.4 is 14.8 Å². The lowest BCUT2D eigenvalue weighted by Crippen LogP contribution is -2.20. The summed E-state index contributed by atoms with van der Waals surface area (Å²) in [5.41, 5.74) is -0.387. The van der Waals surface area contributed by atoms with E-state index < -0.39 is 17.8 Å². The van der Waals surface area contributed by atoms with Gasteiger partial charge in [-0.2, -0.15) is 13.2 Å². The van der Waals surface area contributed by atoms with Gasteiger partial charge in [-0.05, 0) is 36.8 Å². The summed E-state index contributed by atoms with van der Waals surface area (Å²) < 4.78 is 54.4. The Kier molecular flexibility index (Phi) is 7.31. The van der Waals surface area contributed by atoms with Crippen molar-refractivity contribution < 1.29 is 32.2 Å². The third kappa shape index (κ3) is 5.94. The zero-order valence-electron chi connectivity index (χ0n) is 15.4. The van der Waals surface area contributed by atoms with Crippen LogP contribution in [0.25, 0.3) is 6.08 Å². The molecule has 28 heavy (non-hydrogen) atoms. The highest BCUT2D eigenvalue weighted by Crippen LogP contribution is 2.34. The monoisotopic (exact) mass is 395 g/mol. The first-order chi connectivity index (χ1) is 13.3. The fourth-order valence-electron chi connectivity index (χ4n) is 2.37. The fourth-order valence-corrected chi connectivity index (χ4v) is 2.37. The summed E-state index contributed by atoms with van der Waals surface area (Å²) in [6.07, 6.45) is -1.80. The molecular weight excluding hydrogens is 375 g/mol. The Balaban J connectivity index is 1.87. The second-order valence-corrected chi connectivity index (χ2v) is 5.56. The summed E-state index contributed by atoms with van der Waals surface area (Å²) in [6.45, 7) is 1.75. The number of nitrogens with one attached hydrogen (secondary N) is 1. The van der Waals surface area contributed by atoms with E-state index in [0.717, 1.165) is 17.7 Å². The molecule has 2 rings (SSSR count). The van der Waals surface area contributed by atoms with Crippen molar-refractivity contribution in [2.45, 2.75) is 13.1 Å². The number of para-hydroxylation sites is 1. The van der Waals surface area contributed by atoms with E-state index in [9.17, 15) is 18.0 Å². The molecule has 150 valence electrons. The van der Waals surface area contributed by atoms with Crippen LogP contribution in [0, 0.1) is 0 Å². The molecule has 0 atom stereocenters. The van der Waals surface area contributed by atoms with Gasteiger partial charge in [0.05, 0.1) is 18.4 Å². The summed E-state index contributed by atoms with van der Waals surface area (Å²) in [6, 6.07) is 9.99. The molecule has 0 unspecified atom stereocenters. The molecular formula is C20H20F3NO4. The molecule has 0 fully saturated rings. The van der Waals surface area contributed by atoms with Gasteiger partial charge in [-0.25, -0.2) is 4.79 Å². The van der Waals surface area contributed by atoms with Crippen LogP contribution in [-0.2, 0) is 10.9 Å². The molecule has 0 bridgehead atoms. The summed E-state index contributed by atoms with van der Waals surface area (Å²) in [7, 11) is 1.50. The van der Waals surface area contributed by atoms with Gasteiger partial charge >= 0.3 is 12.3 Å². The molecule has 0 spiro atoms. The predicted octanol–water partition coefficient (Wildman–Crippen LogP) is 5.37. The molecule has 0 aromatic heterocycles. The maximum Gasteiger partial charge on any atom is 0.418 e. The number of halogens is 3. The Morgan fingerprint density at radius 2 is 1.86 bits per heavy atom. The Morgan fingerprint density at radius 1 is 1.11 bits per heavy atom. The van der Waals surface area contributed by atoms with Crippen molar-refractivity contribution in [3.63, 3.8) is 0 Å². The number of carbonyl (C=O) groups is 1. The number of allylic oxidation sites excluding steroid dienone is 1. The number of hydrogen-bond acceptors (Lipinski definition) is 4. The van der Waals surface area contributed by atoms with Gasteiger partial charge in [-0.15, -0.1) is 0 Å². The van der Waals surface area contributed by atoms with Crippen molar-refractivity contribution in [2.75, 3.05) is 25.6 Å².